The Labute approximate surface area is 158 Å². The summed E-state index contributed by atoms with van der Waals surface area (Å²) in [5, 5.41) is 3.19. The lowest BCUT2D eigenvalue weighted by Crippen LogP contribution is -2.36. The van der Waals surface area contributed by atoms with Crippen LogP contribution in [0.3, 0.4) is 0 Å². The molecule has 0 spiro atoms. The van der Waals surface area contributed by atoms with E-state index in [1.807, 2.05) is 55.1 Å². The number of aryl methyl sites for hydroxylation is 1. The van der Waals surface area contributed by atoms with Crippen molar-refractivity contribution in [2.45, 2.75) is 30.7 Å². The molecule has 0 aliphatic carbocycles. The van der Waals surface area contributed by atoms with E-state index in [-0.39, 0.29) is 30.2 Å². The Morgan fingerprint density at radius 2 is 1.92 bits per heavy atom. The number of hydrogen-bond acceptors (Lipinski definition) is 3. The van der Waals surface area contributed by atoms with Crippen molar-refractivity contribution in [3.05, 3.63) is 59.7 Å². The molecule has 2 heterocycles. The molecule has 26 heavy (non-hydrogen) atoms. The van der Waals surface area contributed by atoms with Gasteiger partial charge in [0.1, 0.15) is 0 Å². The minimum atomic E-state index is -0.287. The van der Waals surface area contributed by atoms with Crippen LogP contribution in [0.4, 0.5) is 5.69 Å². The molecule has 0 radical (unpaired) electrons. The Morgan fingerprint density at radius 3 is 2.73 bits per heavy atom. The third-order valence-electron chi connectivity index (χ3n) is 5.12. The first kappa shape index (κ1) is 17.2. The zero-order chi connectivity index (χ0) is 18.1. The van der Waals surface area contributed by atoms with Gasteiger partial charge in [-0.25, -0.2) is 0 Å². The van der Waals surface area contributed by atoms with Gasteiger partial charge >= 0.3 is 0 Å². The second-order valence-electron chi connectivity index (χ2n) is 6.98. The fraction of sp³-hybridized carbons (Fsp3) is 0.333. The summed E-state index contributed by atoms with van der Waals surface area (Å²) in [4.78, 5) is 28.2. The van der Waals surface area contributed by atoms with Crippen LogP contribution in [-0.2, 0) is 9.59 Å². The molecule has 5 heteroatoms. The van der Waals surface area contributed by atoms with Crippen LogP contribution in [0.25, 0.3) is 0 Å². The minimum absolute atomic E-state index is 0.0142. The van der Waals surface area contributed by atoms with Gasteiger partial charge < -0.3 is 10.2 Å². The SMILES string of the molecule is Cc1ccc(N2CC(C(=O)NC3CCSc4ccccc43)CC2=O)cc1. The molecular formula is C21H22N2O2S. The van der Waals surface area contributed by atoms with Gasteiger partial charge in [-0.05, 0) is 37.1 Å². The van der Waals surface area contributed by atoms with Crippen molar-refractivity contribution < 1.29 is 9.59 Å². The molecule has 0 bridgehead atoms. The number of hydrogen-bond donors (Lipinski definition) is 1. The molecule has 4 nitrogen and oxygen atoms in total. The summed E-state index contributed by atoms with van der Waals surface area (Å²) in [7, 11) is 0. The normalized spacial score (nSPS) is 22.2. The molecule has 1 saturated heterocycles. The smallest absolute Gasteiger partial charge is 0.227 e. The van der Waals surface area contributed by atoms with E-state index < -0.39 is 0 Å². The second kappa shape index (κ2) is 7.16. The number of anilines is 1. The Balaban J connectivity index is 1.45. The maximum atomic E-state index is 12.8. The van der Waals surface area contributed by atoms with Gasteiger partial charge in [-0.2, -0.15) is 0 Å². The number of nitrogens with one attached hydrogen (secondary N) is 1. The number of rotatable bonds is 3. The lowest BCUT2D eigenvalue weighted by Gasteiger charge is -2.27. The van der Waals surface area contributed by atoms with Gasteiger partial charge in [0.15, 0.2) is 0 Å². The Kier molecular flexibility index (Phi) is 4.72. The molecule has 2 amide bonds. The van der Waals surface area contributed by atoms with Crippen LogP contribution >= 0.6 is 11.8 Å². The third-order valence-corrected chi connectivity index (χ3v) is 6.24. The molecule has 2 aliphatic rings. The van der Waals surface area contributed by atoms with Gasteiger partial charge in [0.25, 0.3) is 0 Å². The van der Waals surface area contributed by atoms with Gasteiger partial charge in [-0.15, -0.1) is 11.8 Å². The Morgan fingerprint density at radius 1 is 1.15 bits per heavy atom. The predicted octanol–water partition coefficient (Wildman–Crippen LogP) is 3.70. The van der Waals surface area contributed by atoms with Crippen LogP contribution in [0.5, 0.6) is 0 Å². The molecule has 1 fully saturated rings. The number of thioether (sulfide) groups is 1. The highest BCUT2D eigenvalue weighted by atomic mass is 32.2. The first-order valence-electron chi connectivity index (χ1n) is 9.01. The average molecular weight is 366 g/mol. The highest BCUT2D eigenvalue weighted by Gasteiger charge is 2.36. The van der Waals surface area contributed by atoms with E-state index in [1.165, 1.54) is 10.5 Å². The van der Waals surface area contributed by atoms with Gasteiger partial charge in [-0.1, -0.05) is 35.9 Å². The predicted molar refractivity (Wildman–Crippen MR) is 104 cm³/mol. The fourth-order valence-electron chi connectivity index (χ4n) is 3.64. The van der Waals surface area contributed by atoms with Crippen molar-refractivity contribution in [2.75, 3.05) is 17.2 Å². The van der Waals surface area contributed by atoms with E-state index in [1.54, 1.807) is 4.90 Å². The van der Waals surface area contributed by atoms with Crippen LogP contribution in [0, 0.1) is 12.8 Å². The molecule has 1 N–H and O–H groups in total. The summed E-state index contributed by atoms with van der Waals surface area (Å²) in [6.45, 7) is 2.48. The molecular weight excluding hydrogens is 344 g/mol. The third kappa shape index (κ3) is 3.36. The van der Waals surface area contributed by atoms with Crippen LogP contribution < -0.4 is 10.2 Å². The number of benzene rings is 2. The first-order chi connectivity index (χ1) is 12.6. The topological polar surface area (TPSA) is 49.4 Å². The van der Waals surface area contributed by atoms with Crippen molar-refractivity contribution in [1.82, 2.24) is 5.32 Å². The average Bonchev–Trinajstić information content (AvgIpc) is 3.05. The van der Waals surface area contributed by atoms with E-state index in [0.29, 0.717) is 6.54 Å². The summed E-state index contributed by atoms with van der Waals surface area (Å²) >= 11 is 1.84. The van der Waals surface area contributed by atoms with Crippen LogP contribution in [0.15, 0.2) is 53.4 Å². The van der Waals surface area contributed by atoms with Crippen LogP contribution in [0.2, 0.25) is 0 Å². The van der Waals surface area contributed by atoms with Crippen LogP contribution in [-0.4, -0.2) is 24.1 Å². The molecule has 2 unspecified atom stereocenters. The van der Waals surface area contributed by atoms with Gasteiger partial charge in [0.2, 0.25) is 11.8 Å². The summed E-state index contributed by atoms with van der Waals surface area (Å²) in [5.41, 5.74) is 3.22. The van der Waals surface area contributed by atoms with Crippen molar-refractivity contribution in [2.24, 2.45) is 5.92 Å². The summed E-state index contributed by atoms with van der Waals surface area (Å²) < 4.78 is 0. The summed E-state index contributed by atoms with van der Waals surface area (Å²) in [5.74, 6) is 0.722. The standard InChI is InChI=1S/C21H22N2O2S/c1-14-6-8-16(9-7-14)23-13-15(12-20(23)24)21(25)22-18-10-11-26-19-5-3-2-4-17(18)19/h2-9,15,18H,10-13H2,1H3,(H,22,25). The number of nitrogens with zero attached hydrogens (tertiary/aromatic N) is 1. The number of carbonyl (C=O) groups excluding carboxylic acids is 2. The second-order valence-corrected chi connectivity index (χ2v) is 8.11. The van der Waals surface area contributed by atoms with Crippen LogP contribution in [0.1, 0.15) is 30.0 Å². The van der Waals surface area contributed by atoms with E-state index in [9.17, 15) is 9.59 Å². The van der Waals surface area contributed by atoms with Crippen molar-refractivity contribution >= 4 is 29.3 Å². The van der Waals surface area contributed by atoms with E-state index in [2.05, 4.69) is 17.4 Å². The minimum Gasteiger partial charge on any atom is -0.349 e. The van der Waals surface area contributed by atoms with Gasteiger partial charge in [-0.3, -0.25) is 9.59 Å². The fourth-order valence-corrected chi connectivity index (χ4v) is 4.76. The maximum absolute atomic E-state index is 12.8. The maximum Gasteiger partial charge on any atom is 0.227 e. The number of carbonyl (C=O) groups is 2. The molecule has 2 aliphatic heterocycles. The van der Waals surface area contributed by atoms with Crippen molar-refractivity contribution in [3.63, 3.8) is 0 Å². The number of fused-ring (bicyclic) bond motifs is 1. The quantitative estimate of drug-likeness (QED) is 0.901. The Bertz CT molecular complexity index is 834. The van der Waals surface area contributed by atoms with Crippen molar-refractivity contribution in [3.8, 4) is 0 Å². The molecule has 134 valence electrons. The molecule has 2 aromatic rings. The first-order valence-corrected chi connectivity index (χ1v) is 9.99. The van der Waals surface area contributed by atoms with Crippen molar-refractivity contribution in [1.29, 1.82) is 0 Å². The van der Waals surface area contributed by atoms with Gasteiger partial charge in [0.05, 0.1) is 12.0 Å². The highest BCUT2D eigenvalue weighted by molar-refractivity contribution is 7.99. The molecule has 0 aromatic heterocycles. The van der Waals surface area contributed by atoms with E-state index in [0.717, 1.165) is 23.4 Å². The monoisotopic (exact) mass is 366 g/mol. The number of amides is 2. The zero-order valence-corrected chi connectivity index (χ0v) is 15.6. The highest BCUT2D eigenvalue weighted by Crippen LogP contribution is 2.36. The summed E-state index contributed by atoms with van der Waals surface area (Å²) in [6.07, 6.45) is 1.21. The zero-order valence-electron chi connectivity index (χ0n) is 14.8. The van der Waals surface area contributed by atoms with E-state index >= 15 is 0 Å². The lowest BCUT2D eigenvalue weighted by atomic mass is 10.0. The Hall–Kier alpha value is -2.27. The molecule has 0 saturated carbocycles. The van der Waals surface area contributed by atoms with E-state index in [4.69, 9.17) is 0 Å². The lowest BCUT2D eigenvalue weighted by molar-refractivity contribution is -0.127. The van der Waals surface area contributed by atoms with Gasteiger partial charge in [0, 0.05) is 29.3 Å². The molecule has 2 aromatic carbocycles. The molecule has 4 rings (SSSR count). The molecule has 2 atom stereocenters. The largest absolute Gasteiger partial charge is 0.349 e. The summed E-state index contributed by atoms with van der Waals surface area (Å²) in [6, 6.07) is 16.2.